The third-order valence-corrected chi connectivity index (χ3v) is 2.75. The molecular weight excluding hydrogens is 224 g/mol. The molecule has 0 saturated carbocycles. The Labute approximate surface area is 102 Å². The second-order valence-electron chi connectivity index (χ2n) is 4.26. The lowest BCUT2D eigenvalue weighted by Crippen LogP contribution is -2.19. The zero-order valence-electron chi connectivity index (χ0n) is 10.4. The number of hydrogen-bond donors (Lipinski definition) is 2. The van der Waals surface area contributed by atoms with Gasteiger partial charge in [-0.1, -0.05) is 45.4 Å². The van der Waals surface area contributed by atoms with Gasteiger partial charge in [0.15, 0.2) is 0 Å². The summed E-state index contributed by atoms with van der Waals surface area (Å²) in [6, 6.07) is 0. The van der Waals surface area contributed by atoms with E-state index >= 15 is 0 Å². The molecule has 0 heterocycles. The molecule has 5 nitrogen and oxygen atoms in total. The van der Waals surface area contributed by atoms with Crippen LogP contribution < -0.4 is 0 Å². The van der Waals surface area contributed by atoms with Crippen LogP contribution >= 0.6 is 0 Å². The Balaban J connectivity index is 3.76. The van der Waals surface area contributed by atoms with Crippen molar-refractivity contribution in [2.24, 2.45) is 5.92 Å². The quantitative estimate of drug-likeness (QED) is 0.352. The Morgan fingerprint density at radius 1 is 1.12 bits per heavy atom. The second kappa shape index (κ2) is 10.1. The van der Waals surface area contributed by atoms with Crippen LogP contribution in [0, 0.1) is 5.92 Å². The molecule has 0 bridgehead atoms. The third-order valence-electron chi connectivity index (χ3n) is 2.75. The van der Waals surface area contributed by atoms with Crippen molar-refractivity contribution in [3.63, 3.8) is 0 Å². The van der Waals surface area contributed by atoms with E-state index in [0.29, 0.717) is 6.42 Å². The summed E-state index contributed by atoms with van der Waals surface area (Å²) in [4.78, 5) is 25.2. The maximum atomic E-state index is 11.1. The van der Waals surface area contributed by atoms with Gasteiger partial charge in [0.2, 0.25) is 0 Å². The zero-order chi connectivity index (χ0) is 13.1. The van der Waals surface area contributed by atoms with Crippen molar-refractivity contribution in [2.75, 3.05) is 0 Å². The third kappa shape index (κ3) is 8.68. The summed E-state index contributed by atoms with van der Waals surface area (Å²) in [6.07, 6.45) is 6.60. The first-order valence-corrected chi connectivity index (χ1v) is 6.18. The number of carboxylic acids is 1. The molecule has 0 saturated heterocycles. The van der Waals surface area contributed by atoms with E-state index in [0.717, 1.165) is 19.3 Å². The minimum Gasteiger partial charge on any atom is -0.481 e. The average molecular weight is 246 g/mol. The molecule has 0 aromatic heterocycles. The molecule has 100 valence electrons. The highest BCUT2D eigenvalue weighted by molar-refractivity contribution is 5.78. The van der Waals surface area contributed by atoms with Crippen LogP contribution in [-0.4, -0.2) is 22.3 Å². The SMILES string of the molecule is CCCCCCCCC(CC(=O)O)C(=O)OO. The normalized spacial score (nSPS) is 12.1. The predicted molar refractivity (Wildman–Crippen MR) is 62.5 cm³/mol. The average Bonchev–Trinajstić information content (AvgIpc) is 2.30. The Hall–Kier alpha value is -1.10. The number of aliphatic carboxylic acids is 1. The van der Waals surface area contributed by atoms with Crippen LogP contribution in [0.4, 0.5) is 0 Å². The number of hydrogen-bond acceptors (Lipinski definition) is 4. The van der Waals surface area contributed by atoms with E-state index in [1.807, 2.05) is 0 Å². The van der Waals surface area contributed by atoms with Crippen molar-refractivity contribution >= 4 is 11.9 Å². The van der Waals surface area contributed by atoms with E-state index in [9.17, 15) is 9.59 Å². The topological polar surface area (TPSA) is 83.8 Å². The monoisotopic (exact) mass is 246 g/mol. The van der Waals surface area contributed by atoms with Gasteiger partial charge in [-0.2, -0.15) is 5.26 Å². The summed E-state index contributed by atoms with van der Waals surface area (Å²) in [5.74, 6) is -2.63. The van der Waals surface area contributed by atoms with E-state index in [2.05, 4.69) is 11.8 Å². The molecule has 0 rings (SSSR count). The molecule has 0 aliphatic rings. The standard InChI is InChI=1S/C12H22O5/c1-2-3-4-5-6-7-8-10(9-11(13)14)12(15)17-16/h10,16H,2-9H2,1H3,(H,13,14). The Kier molecular flexibility index (Phi) is 9.43. The Morgan fingerprint density at radius 2 is 1.71 bits per heavy atom. The molecule has 0 aliphatic carbocycles. The van der Waals surface area contributed by atoms with Gasteiger partial charge < -0.3 is 9.99 Å². The lowest BCUT2D eigenvalue weighted by Gasteiger charge is -2.10. The Bertz CT molecular complexity index is 227. The van der Waals surface area contributed by atoms with Gasteiger partial charge in [0, 0.05) is 0 Å². The van der Waals surface area contributed by atoms with Gasteiger partial charge in [0.05, 0.1) is 12.3 Å². The summed E-state index contributed by atoms with van der Waals surface area (Å²) in [5.41, 5.74) is 0. The minimum atomic E-state index is -1.05. The van der Waals surface area contributed by atoms with Gasteiger partial charge in [-0.25, -0.2) is 4.79 Å². The van der Waals surface area contributed by atoms with Gasteiger partial charge in [-0.05, 0) is 6.42 Å². The van der Waals surface area contributed by atoms with Crippen LogP contribution in [0.25, 0.3) is 0 Å². The van der Waals surface area contributed by atoms with Crippen molar-refractivity contribution in [1.29, 1.82) is 0 Å². The van der Waals surface area contributed by atoms with E-state index in [1.165, 1.54) is 19.3 Å². The molecule has 0 radical (unpaired) electrons. The molecular formula is C12H22O5. The van der Waals surface area contributed by atoms with Crippen molar-refractivity contribution in [1.82, 2.24) is 0 Å². The number of carbonyl (C=O) groups is 2. The minimum absolute atomic E-state index is 0.283. The summed E-state index contributed by atoms with van der Waals surface area (Å²) in [7, 11) is 0. The molecule has 0 aromatic rings. The van der Waals surface area contributed by atoms with Crippen LogP contribution in [0.15, 0.2) is 0 Å². The van der Waals surface area contributed by atoms with Crippen LogP contribution in [-0.2, 0) is 14.5 Å². The van der Waals surface area contributed by atoms with Gasteiger partial charge >= 0.3 is 11.9 Å². The molecule has 0 aliphatic heterocycles. The second-order valence-corrected chi connectivity index (χ2v) is 4.26. The maximum absolute atomic E-state index is 11.1. The van der Waals surface area contributed by atoms with Crippen molar-refractivity contribution < 1.29 is 24.8 Å². The van der Waals surface area contributed by atoms with E-state index < -0.39 is 17.9 Å². The Morgan fingerprint density at radius 3 is 2.24 bits per heavy atom. The summed E-state index contributed by atoms with van der Waals surface area (Å²) < 4.78 is 0. The van der Waals surface area contributed by atoms with Crippen molar-refractivity contribution in [2.45, 2.75) is 58.3 Å². The van der Waals surface area contributed by atoms with Gasteiger partial charge in [0.25, 0.3) is 0 Å². The summed E-state index contributed by atoms with van der Waals surface area (Å²) in [5, 5.41) is 16.9. The van der Waals surface area contributed by atoms with Gasteiger partial charge in [0.1, 0.15) is 0 Å². The fourth-order valence-electron chi connectivity index (χ4n) is 1.76. The largest absolute Gasteiger partial charge is 0.481 e. The summed E-state index contributed by atoms with van der Waals surface area (Å²) >= 11 is 0. The smallest absolute Gasteiger partial charge is 0.345 e. The van der Waals surface area contributed by atoms with Crippen LogP contribution in [0.2, 0.25) is 0 Å². The molecule has 0 fully saturated rings. The highest BCUT2D eigenvalue weighted by Crippen LogP contribution is 2.16. The number of unbranched alkanes of at least 4 members (excludes halogenated alkanes) is 5. The fourth-order valence-corrected chi connectivity index (χ4v) is 1.76. The van der Waals surface area contributed by atoms with Crippen LogP contribution in [0.1, 0.15) is 58.3 Å². The van der Waals surface area contributed by atoms with Crippen molar-refractivity contribution in [3.05, 3.63) is 0 Å². The molecule has 5 heteroatoms. The molecule has 1 unspecified atom stereocenters. The number of carboxylic acid groups (broad SMARTS) is 1. The van der Waals surface area contributed by atoms with Crippen LogP contribution in [0.5, 0.6) is 0 Å². The first kappa shape index (κ1) is 15.9. The van der Waals surface area contributed by atoms with E-state index in [1.54, 1.807) is 0 Å². The highest BCUT2D eigenvalue weighted by atomic mass is 17.1. The molecule has 17 heavy (non-hydrogen) atoms. The summed E-state index contributed by atoms with van der Waals surface area (Å²) in [6.45, 7) is 2.14. The lowest BCUT2D eigenvalue weighted by molar-refractivity contribution is -0.239. The zero-order valence-corrected chi connectivity index (χ0v) is 10.4. The molecule has 0 amide bonds. The van der Waals surface area contributed by atoms with Crippen LogP contribution in [0.3, 0.4) is 0 Å². The first-order chi connectivity index (χ1) is 8.11. The van der Waals surface area contributed by atoms with E-state index in [4.69, 9.17) is 10.4 Å². The van der Waals surface area contributed by atoms with Crippen molar-refractivity contribution in [3.8, 4) is 0 Å². The molecule has 1 atom stereocenters. The molecule has 0 spiro atoms. The van der Waals surface area contributed by atoms with E-state index in [-0.39, 0.29) is 6.42 Å². The lowest BCUT2D eigenvalue weighted by atomic mass is 9.97. The molecule has 0 aromatic carbocycles. The number of carbonyl (C=O) groups excluding carboxylic acids is 1. The fraction of sp³-hybridized carbons (Fsp3) is 0.833. The molecule has 2 N–H and O–H groups in total. The maximum Gasteiger partial charge on any atom is 0.345 e. The van der Waals surface area contributed by atoms with Gasteiger partial charge in [-0.15, -0.1) is 0 Å². The number of rotatable bonds is 10. The highest BCUT2D eigenvalue weighted by Gasteiger charge is 2.22. The van der Waals surface area contributed by atoms with Gasteiger partial charge in [-0.3, -0.25) is 4.79 Å². The predicted octanol–water partition coefficient (Wildman–Crippen LogP) is 2.84. The first-order valence-electron chi connectivity index (χ1n) is 6.18.